The number of para-hydroxylation sites is 2. The molecule has 28 heavy (non-hydrogen) atoms. The Labute approximate surface area is 160 Å². The standard InChI is InChI=1S/C20H17FN2O5/c1-27-17-8-6-13(10-14(17)21)7-9-20(26)28-12-19(25)23-11-18(24)22-15-4-2-3-5-16(15)23/h2-10H,11-12H2,1H3,(H,22,24)/b9-7+. The lowest BCUT2D eigenvalue weighted by Crippen LogP contribution is -2.43. The van der Waals surface area contributed by atoms with Crippen LogP contribution in [0.5, 0.6) is 5.75 Å². The highest BCUT2D eigenvalue weighted by Crippen LogP contribution is 2.28. The summed E-state index contributed by atoms with van der Waals surface area (Å²) in [5, 5.41) is 2.67. The molecule has 8 heteroatoms. The van der Waals surface area contributed by atoms with Crippen LogP contribution in [0, 0.1) is 5.82 Å². The molecule has 1 aliphatic heterocycles. The average molecular weight is 384 g/mol. The van der Waals surface area contributed by atoms with Crippen molar-refractivity contribution in [1.29, 1.82) is 0 Å². The number of anilines is 2. The van der Waals surface area contributed by atoms with E-state index in [9.17, 15) is 18.8 Å². The summed E-state index contributed by atoms with van der Waals surface area (Å²) >= 11 is 0. The van der Waals surface area contributed by atoms with Gasteiger partial charge in [0, 0.05) is 6.08 Å². The van der Waals surface area contributed by atoms with Crippen molar-refractivity contribution in [3.8, 4) is 5.75 Å². The lowest BCUT2D eigenvalue weighted by atomic mass is 10.2. The molecular weight excluding hydrogens is 367 g/mol. The van der Waals surface area contributed by atoms with E-state index in [0.717, 1.165) is 6.08 Å². The normalized spacial score (nSPS) is 13.1. The number of hydrogen-bond acceptors (Lipinski definition) is 5. The van der Waals surface area contributed by atoms with Crippen LogP contribution in [0.3, 0.4) is 0 Å². The van der Waals surface area contributed by atoms with Crippen LogP contribution >= 0.6 is 0 Å². The van der Waals surface area contributed by atoms with Gasteiger partial charge in [0.15, 0.2) is 18.2 Å². The van der Waals surface area contributed by atoms with Gasteiger partial charge in [-0.15, -0.1) is 0 Å². The second-order valence-electron chi connectivity index (χ2n) is 5.88. The number of esters is 1. The van der Waals surface area contributed by atoms with Crippen molar-refractivity contribution < 1.29 is 28.2 Å². The SMILES string of the molecule is COc1ccc(/C=C/C(=O)OCC(=O)N2CC(=O)Nc3ccccc32)cc1F. The highest BCUT2D eigenvalue weighted by molar-refractivity contribution is 6.10. The van der Waals surface area contributed by atoms with E-state index in [-0.39, 0.29) is 18.2 Å². The lowest BCUT2D eigenvalue weighted by Gasteiger charge is -2.28. The van der Waals surface area contributed by atoms with Gasteiger partial charge in [-0.3, -0.25) is 14.5 Å². The molecule has 0 radical (unpaired) electrons. The first-order chi connectivity index (χ1) is 13.5. The molecule has 0 saturated heterocycles. The topological polar surface area (TPSA) is 84.9 Å². The molecule has 3 rings (SSSR count). The summed E-state index contributed by atoms with van der Waals surface area (Å²) in [5.74, 6) is -2.09. The van der Waals surface area contributed by atoms with Gasteiger partial charge in [-0.25, -0.2) is 9.18 Å². The Morgan fingerprint density at radius 3 is 2.79 bits per heavy atom. The molecule has 0 atom stereocenters. The quantitative estimate of drug-likeness (QED) is 0.632. The molecule has 1 heterocycles. The van der Waals surface area contributed by atoms with Crippen LogP contribution in [0.2, 0.25) is 0 Å². The number of fused-ring (bicyclic) bond motifs is 1. The van der Waals surface area contributed by atoms with Gasteiger partial charge in [0.2, 0.25) is 5.91 Å². The third kappa shape index (κ3) is 4.35. The van der Waals surface area contributed by atoms with E-state index in [1.807, 2.05) is 0 Å². The summed E-state index contributed by atoms with van der Waals surface area (Å²) in [4.78, 5) is 37.2. The van der Waals surface area contributed by atoms with E-state index < -0.39 is 24.3 Å². The molecule has 0 aromatic heterocycles. The van der Waals surface area contributed by atoms with Gasteiger partial charge in [0.1, 0.15) is 6.54 Å². The number of benzene rings is 2. The van der Waals surface area contributed by atoms with Gasteiger partial charge >= 0.3 is 5.97 Å². The van der Waals surface area contributed by atoms with Gasteiger partial charge in [-0.05, 0) is 35.9 Å². The minimum absolute atomic E-state index is 0.0937. The largest absolute Gasteiger partial charge is 0.494 e. The summed E-state index contributed by atoms with van der Waals surface area (Å²) in [6, 6.07) is 11.0. The van der Waals surface area contributed by atoms with Gasteiger partial charge < -0.3 is 14.8 Å². The summed E-state index contributed by atoms with van der Waals surface area (Å²) < 4.78 is 23.4. The first kappa shape index (κ1) is 19.1. The van der Waals surface area contributed by atoms with Crippen molar-refractivity contribution in [2.24, 2.45) is 0 Å². The number of methoxy groups -OCH3 is 1. The van der Waals surface area contributed by atoms with Crippen LogP contribution in [0.1, 0.15) is 5.56 Å². The molecule has 7 nitrogen and oxygen atoms in total. The molecule has 0 spiro atoms. The zero-order chi connectivity index (χ0) is 20.1. The van der Waals surface area contributed by atoms with Crippen molar-refractivity contribution >= 4 is 35.2 Å². The van der Waals surface area contributed by atoms with E-state index in [4.69, 9.17) is 9.47 Å². The second-order valence-corrected chi connectivity index (χ2v) is 5.88. The van der Waals surface area contributed by atoms with Crippen molar-refractivity contribution in [3.05, 3.63) is 59.9 Å². The van der Waals surface area contributed by atoms with Crippen molar-refractivity contribution in [3.63, 3.8) is 0 Å². The molecule has 2 amide bonds. The predicted molar refractivity (Wildman–Crippen MR) is 100 cm³/mol. The van der Waals surface area contributed by atoms with E-state index in [1.165, 1.54) is 30.2 Å². The summed E-state index contributed by atoms with van der Waals surface area (Å²) in [5.41, 5.74) is 1.48. The Morgan fingerprint density at radius 2 is 2.04 bits per heavy atom. The van der Waals surface area contributed by atoms with E-state index in [2.05, 4.69) is 5.32 Å². The Kier molecular flexibility index (Phi) is 5.69. The number of carbonyl (C=O) groups is 3. The molecule has 0 fully saturated rings. The van der Waals surface area contributed by atoms with Gasteiger partial charge in [-0.2, -0.15) is 0 Å². The molecule has 0 saturated carbocycles. The van der Waals surface area contributed by atoms with Crippen LogP contribution in [-0.2, 0) is 19.1 Å². The van der Waals surface area contributed by atoms with E-state index in [1.54, 1.807) is 30.3 Å². The third-order valence-electron chi connectivity index (χ3n) is 4.00. The third-order valence-corrected chi connectivity index (χ3v) is 4.00. The van der Waals surface area contributed by atoms with Gasteiger partial charge in [0.05, 0.1) is 18.5 Å². The Hall–Kier alpha value is -3.68. The number of nitrogens with one attached hydrogen (secondary N) is 1. The smallest absolute Gasteiger partial charge is 0.331 e. The van der Waals surface area contributed by atoms with Crippen LogP contribution in [0.15, 0.2) is 48.5 Å². The predicted octanol–water partition coefficient (Wildman–Crippen LogP) is 2.38. The van der Waals surface area contributed by atoms with Crippen LogP contribution in [0.4, 0.5) is 15.8 Å². The lowest BCUT2D eigenvalue weighted by molar-refractivity contribution is -0.143. The number of amides is 2. The number of hydrogen-bond donors (Lipinski definition) is 1. The molecule has 0 bridgehead atoms. The van der Waals surface area contributed by atoms with Crippen molar-refractivity contribution in [2.45, 2.75) is 0 Å². The summed E-state index contributed by atoms with van der Waals surface area (Å²) in [7, 11) is 1.35. The molecule has 0 unspecified atom stereocenters. The number of halogens is 1. The number of nitrogens with zero attached hydrogens (tertiary/aromatic N) is 1. The Morgan fingerprint density at radius 1 is 1.25 bits per heavy atom. The monoisotopic (exact) mass is 384 g/mol. The average Bonchev–Trinajstić information content (AvgIpc) is 2.69. The van der Waals surface area contributed by atoms with E-state index in [0.29, 0.717) is 16.9 Å². The Balaban J connectivity index is 1.59. The minimum Gasteiger partial charge on any atom is -0.494 e. The fraction of sp³-hybridized carbons (Fsp3) is 0.150. The molecule has 1 N–H and O–H groups in total. The first-order valence-corrected chi connectivity index (χ1v) is 8.35. The van der Waals surface area contributed by atoms with Crippen LogP contribution in [-0.4, -0.2) is 38.0 Å². The highest BCUT2D eigenvalue weighted by atomic mass is 19.1. The zero-order valence-electron chi connectivity index (χ0n) is 15.0. The molecule has 2 aromatic carbocycles. The maximum atomic E-state index is 13.6. The van der Waals surface area contributed by atoms with E-state index >= 15 is 0 Å². The molecule has 144 valence electrons. The van der Waals surface area contributed by atoms with Gasteiger partial charge in [0.25, 0.3) is 5.91 Å². The molecule has 2 aromatic rings. The first-order valence-electron chi connectivity index (χ1n) is 8.35. The number of ether oxygens (including phenoxy) is 2. The molecule has 1 aliphatic rings. The highest BCUT2D eigenvalue weighted by Gasteiger charge is 2.26. The minimum atomic E-state index is -0.765. The maximum Gasteiger partial charge on any atom is 0.331 e. The Bertz CT molecular complexity index is 957. The van der Waals surface area contributed by atoms with Crippen LogP contribution < -0.4 is 15.0 Å². The summed E-state index contributed by atoms with van der Waals surface area (Å²) in [6.45, 7) is -0.684. The van der Waals surface area contributed by atoms with Gasteiger partial charge in [-0.1, -0.05) is 18.2 Å². The fourth-order valence-corrected chi connectivity index (χ4v) is 2.67. The molecular formula is C20H17FN2O5. The molecule has 0 aliphatic carbocycles. The number of rotatable bonds is 5. The second kappa shape index (κ2) is 8.34. The van der Waals surface area contributed by atoms with Crippen LogP contribution in [0.25, 0.3) is 6.08 Å². The van der Waals surface area contributed by atoms with Crippen molar-refractivity contribution in [2.75, 3.05) is 30.5 Å². The fourth-order valence-electron chi connectivity index (χ4n) is 2.67. The zero-order valence-corrected chi connectivity index (χ0v) is 15.0. The maximum absolute atomic E-state index is 13.6. The summed E-state index contributed by atoms with van der Waals surface area (Å²) in [6.07, 6.45) is 2.45. The number of carbonyl (C=O) groups excluding carboxylic acids is 3. The van der Waals surface area contributed by atoms with Crippen molar-refractivity contribution in [1.82, 2.24) is 0 Å².